The number of benzene rings is 4. The first-order valence-electron chi connectivity index (χ1n) is 11.6. The van der Waals surface area contributed by atoms with Gasteiger partial charge in [-0.05, 0) is 70.5 Å². The molecular weight excluding hydrogens is 388 g/mol. The van der Waals surface area contributed by atoms with Gasteiger partial charge in [0.25, 0.3) is 0 Å². The number of hydrogen-bond donors (Lipinski definition) is 2. The Morgan fingerprint density at radius 2 is 0.906 bits per heavy atom. The first kappa shape index (κ1) is 21.7. The van der Waals surface area contributed by atoms with E-state index < -0.39 is 0 Å². The number of rotatable bonds is 9. The van der Waals surface area contributed by atoms with Crippen molar-refractivity contribution in [3.05, 3.63) is 119 Å². The lowest BCUT2D eigenvalue weighted by atomic mass is 9.92. The zero-order valence-electron chi connectivity index (χ0n) is 19.1. The quantitative estimate of drug-likeness (QED) is 0.290. The maximum absolute atomic E-state index is 3.57. The summed E-state index contributed by atoms with van der Waals surface area (Å²) in [5.74, 6) is 0. The average molecular weight is 421 g/mol. The average Bonchev–Trinajstić information content (AvgIpc) is 2.87. The lowest BCUT2D eigenvalue weighted by molar-refractivity contribution is 1.10. The fourth-order valence-electron chi connectivity index (χ4n) is 4.12. The molecule has 0 aliphatic rings. The number of aryl methyl sites for hydroxylation is 2. The monoisotopic (exact) mass is 420 g/mol. The molecule has 0 radical (unpaired) electrons. The van der Waals surface area contributed by atoms with E-state index in [-0.39, 0.29) is 0 Å². The number of nitrogens with one attached hydrogen (secondary N) is 2. The summed E-state index contributed by atoms with van der Waals surface area (Å²) < 4.78 is 0. The van der Waals surface area contributed by atoms with Gasteiger partial charge in [0.05, 0.1) is 0 Å². The molecule has 0 heterocycles. The van der Waals surface area contributed by atoms with E-state index in [1.54, 1.807) is 0 Å². The Morgan fingerprint density at radius 3 is 1.28 bits per heavy atom. The predicted octanol–water partition coefficient (Wildman–Crippen LogP) is 7.70. The van der Waals surface area contributed by atoms with Crippen LogP contribution in [0.4, 0.5) is 11.4 Å². The zero-order valence-corrected chi connectivity index (χ0v) is 19.1. The second-order valence-electron chi connectivity index (χ2n) is 8.13. The van der Waals surface area contributed by atoms with Crippen molar-refractivity contribution in [2.75, 3.05) is 10.6 Å². The molecule has 4 aromatic rings. The van der Waals surface area contributed by atoms with Gasteiger partial charge >= 0.3 is 0 Å². The molecule has 162 valence electrons. The summed E-state index contributed by atoms with van der Waals surface area (Å²) in [7, 11) is 0. The van der Waals surface area contributed by atoms with Crippen LogP contribution in [0.2, 0.25) is 0 Å². The smallest absolute Gasteiger partial charge is 0.0400 e. The van der Waals surface area contributed by atoms with Crippen LogP contribution in [0.25, 0.3) is 11.1 Å². The third-order valence-corrected chi connectivity index (χ3v) is 5.94. The Hall–Kier alpha value is -3.52. The van der Waals surface area contributed by atoms with Gasteiger partial charge in [-0.1, -0.05) is 86.6 Å². The van der Waals surface area contributed by atoms with E-state index in [0.717, 1.165) is 25.9 Å². The molecule has 2 heteroatoms. The van der Waals surface area contributed by atoms with Crippen molar-refractivity contribution in [3.8, 4) is 11.1 Å². The van der Waals surface area contributed by atoms with E-state index in [1.807, 2.05) is 0 Å². The lowest BCUT2D eigenvalue weighted by Gasteiger charge is -2.17. The van der Waals surface area contributed by atoms with Crippen LogP contribution in [0.1, 0.15) is 36.1 Å². The van der Waals surface area contributed by atoms with Crippen LogP contribution in [0.15, 0.2) is 97.1 Å². The lowest BCUT2D eigenvalue weighted by Crippen LogP contribution is -2.02. The minimum absolute atomic E-state index is 0.839. The molecule has 0 aliphatic heterocycles. The van der Waals surface area contributed by atoms with Crippen molar-refractivity contribution in [1.29, 1.82) is 0 Å². The van der Waals surface area contributed by atoms with Crippen molar-refractivity contribution in [1.82, 2.24) is 0 Å². The molecule has 0 amide bonds. The number of hydrogen-bond acceptors (Lipinski definition) is 2. The molecular formula is C30H32N2. The van der Waals surface area contributed by atoms with Crippen LogP contribution in [0, 0.1) is 0 Å². The molecule has 2 nitrogen and oxygen atoms in total. The van der Waals surface area contributed by atoms with Crippen LogP contribution in [0.5, 0.6) is 0 Å². The summed E-state index contributed by atoms with van der Waals surface area (Å²) in [5.41, 5.74) is 10.4. The van der Waals surface area contributed by atoms with Gasteiger partial charge in [0, 0.05) is 24.5 Å². The van der Waals surface area contributed by atoms with Crippen molar-refractivity contribution in [2.24, 2.45) is 0 Å². The fraction of sp³-hybridized carbons (Fsp3) is 0.200. The van der Waals surface area contributed by atoms with Gasteiger partial charge in [0.1, 0.15) is 0 Å². The summed E-state index contributed by atoms with van der Waals surface area (Å²) in [6.07, 6.45) is 2.01. The molecule has 0 spiro atoms. The highest BCUT2D eigenvalue weighted by Crippen LogP contribution is 2.32. The molecule has 0 aromatic heterocycles. The van der Waals surface area contributed by atoms with Gasteiger partial charge < -0.3 is 10.6 Å². The normalized spacial score (nSPS) is 10.7. The van der Waals surface area contributed by atoms with Crippen LogP contribution in [-0.4, -0.2) is 0 Å². The topological polar surface area (TPSA) is 24.1 Å². The van der Waals surface area contributed by atoms with Crippen LogP contribution in [0.3, 0.4) is 0 Å². The Bertz CT molecular complexity index is 1040. The number of anilines is 2. The van der Waals surface area contributed by atoms with Gasteiger partial charge in [-0.3, -0.25) is 0 Å². The second-order valence-corrected chi connectivity index (χ2v) is 8.13. The molecule has 0 saturated heterocycles. The Labute approximate surface area is 192 Å². The summed E-state index contributed by atoms with van der Waals surface area (Å²) in [5, 5.41) is 7.15. The summed E-state index contributed by atoms with van der Waals surface area (Å²) in [6, 6.07) is 34.7. The van der Waals surface area contributed by atoms with Crippen molar-refractivity contribution < 1.29 is 0 Å². The molecule has 0 bridgehead atoms. The highest BCUT2D eigenvalue weighted by Gasteiger charge is 2.10. The Morgan fingerprint density at radius 1 is 0.500 bits per heavy atom. The maximum atomic E-state index is 3.57. The SMILES string of the molecule is CCc1cc(NCc2ccccc2)ccc1-c1ccc(NCc2ccccc2)cc1CC. The predicted molar refractivity (Wildman–Crippen MR) is 138 cm³/mol. The van der Waals surface area contributed by atoms with Gasteiger partial charge in [-0.2, -0.15) is 0 Å². The van der Waals surface area contributed by atoms with Crippen LogP contribution >= 0.6 is 0 Å². The van der Waals surface area contributed by atoms with Crippen molar-refractivity contribution >= 4 is 11.4 Å². The molecule has 4 aromatic carbocycles. The first-order valence-corrected chi connectivity index (χ1v) is 11.6. The molecule has 0 saturated carbocycles. The third kappa shape index (κ3) is 5.39. The molecule has 32 heavy (non-hydrogen) atoms. The summed E-state index contributed by atoms with van der Waals surface area (Å²) in [4.78, 5) is 0. The molecule has 2 N–H and O–H groups in total. The molecule has 4 rings (SSSR count). The summed E-state index contributed by atoms with van der Waals surface area (Å²) >= 11 is 0. The van der Waals surface area contributed by atoms with Gasteiger partial charge in [-0.15, -0.1) is 0 Å². The standard InChI is InChI=1S/C30H32N2/c1-3-25-19-27(31-21-23-11-7-5-8-12-23)15-17-29(25)30-18-16-28(20-26(30)4-2)32-22-24-13-9-6-10-14-24/h5-20,31-32H,3-4,21-22H2,1-2H3. The highest BCUT2D eigenvalue weighted by molar-refractivity contribution is 5.75. The minimum Gasteiger partial charge on any atom is -0.381 e. The molecule has 0 fully saturated rings. The second kappa shape index (κ2) is 10.7. The molecule has 0 unspecified atom stereocenters. The minimum atomic E-state index is 0.839. The van der Waals surface area contributed by atoms with Gasteiger partial charge in [-0.25, -0.2) is 0 Å². The van der Waals surface area contributed by atoms with E-state index in [9.17, 15) is 0 Å². The Balaban J connectivity index is 1.52. The third-order valence-electron chi connectivity index (χ3n) is 5.94. The van der Waals surface area contributed by atoms with Gasteiger partial charge in [0.2, 0.25) is 0 Å². The molecule has 0 atom stereocenters. The van der Waals surface area contributed by atoms with E-state index >= 15 is 0 Å². The van der Waals surface area contributed by atoms with Crippen molar-refractivity contribution in [2.45, 2.75) is 39.8 Å². The molecule has 0 aliphatic carbocycles. The Kier molecular flexibility index (Phi) is 7.24. The fourth-order valence-corrected chi connectivity index (χ4v) is 4.12. The van der Waals surface area contributed by atoms with Crippen LogP contribution in [-0.2, 0) is 25.9 Å². The maximum Gasteiger partial charge on any atom is 0.0400 e. The first-order chi connectivity index (χ1) is 15.8. The van der Waals surface area contributed by atoms with E-state index in [1.165, 1.54) is 44.8 Å². The van der Waals surface area contributed by atoms with Crippen LogP contribution < -0.4 is 10.6 Å². The largest absolute Gasteiger partial charge is 0.381 e. The van der Waals surface area contributed by atoms with E-state index in [0.29, 0.717) is 0 Å². The summed E-state index contributed by atoms with van der Waals surface area (Å²) in [6.45, 7) is 6.15. The highest BCUT2D eigenvalue weighted by atomic mass is 14.9. The zero-order chi connectivity index (χ0) is 22.2. The van der Waals surface area contributed by atoms with Gasteiger partial charge in [0.15, 0.2) is 0 Å². The van der Waals surface area contributed by atoms with E-state index in [2.05, 4.69) is 122 Å². The van der Waals surface area contributed by atoms with Crippen molar-refractivity contribution in [3.63, 3.8) is 0 Å². The van der Waals surface area contributed by atoms with E-state index in [4.69, 9.17) is 0 Å².